The number of pyridine rings is 1. The molecule has 1 aromatic heterocycles. The van der Waals surface area contributed by atoms with Crippen LogP contribution in [0.4, 0.5) is 25.8 Å². The highest BCUT2D eigenvalue weighted by Crippen LogP contribution is 2.20. The van der Waals surface area contributed by atoms with Crippen LogP contribution >= 0.6 is 0 Å². The Bertz CT molecular complexity index is 911. The molecule has 4 nitrogen and oxygen atoms in total. The van der Waals surface area contributed by atoms with Crippen LogP contribution in [0, 0.1) is 18.6 Å². The van der Waals surface area contributed by atoms with Crippen molar-refractivity contribution in [2.75, 3.05) is 10.6 Å². The molecule has 25 heavy (non-hydrogen) atoms. The normalized spacial score (nSPS) is 10.4. The van der Waals surface area contributed by atoms with Crippen molar-refractivity contribution in [3.8, 4) is 0 Å². The van der Waals surface area contributed by atoms with E-state index in [1.165, 1.54) is 18.3 Å². The standard InChI is InChI=1S/C19H15F2N3O/c1-12-4-2-3-5-16(12)24-19(25)18-9-7-14(11-22-18)23-17-8-6-13(20)10-15(17)21/h2-11,23H,1H3,(H,24,25). The van der Waals surface area contributed by atoms with Gasteiger partial charge in [0.2, 0.25) is 0 Å². The molecule has 0 aliphatic rings. The maximum atomic E-state index is 13.6. The molecule has 3 aromatic rings. The molecule has 6 heteroatoms. The minimum atomic E-state index is -0.707. The van der Waals surface area contributed by atoms with Gasteiger partial charge in [0.05, 0.1) is 17.6 Å². The Kier molecular flexibility index (Phi) is 4.70. The number of carbonyl (C=O) groups excluding carboxylic acids is 1. The van der Waals surface area contributed by atoms with Crippen molar-refractivity contribution in [3.05, 3.63) is 83.7 Å². The molecular weight excluding hydrogens is 324 g/mol. The van der Waals surface area contributed by atoms with Crippen molar-refractivity contribution in [1.29, 1.82) is 0 Å². The summed E-state index contributed by atoms with van der Waals surface area (Å²) in [5, 5.41) is 5.58. The van der Waals surface area contributed by atoms with E-state index in [0.717, 1.165) is 17.7 Å². The molecule has 0 aliphatic heterocycles. The van der Waals surface area contributed by atoms with Crippen LogP contribution in [0.3, 0.4) is 0 Å². The average molecular weight is 339 g/mol. The van der Waals surface area contributed by atoms with Crippen LogP contribution in [-0.4, -0.2) is 10.9 Å². The Morgan fingerprint density at radius 2 is 1.80 bits per heavy atom. The molecule has 0 bridgehead atoms. The largest absolute Gasteiger partial charge is 0.352 e. The molecule has 1 amide bonds. The lowest BCUT2D eigenvalue weighted by Crippen LogP contribution is -2.14. The van der Waals surface area contributed by atoms with Gasteiger partial charge in [0.15, 0.2) is 0 Å². The predicted molar refractivity (Wildman–Crippen MR) is 93.0 cm³/mol. The Hall–Kier alpha value is -3.28. The number of rotatable bonds is 4. The third kappa shape index (κ3) is 3.98. The number of benzene rings is 2. The van der Waals surface area contributed by atoms with Crippen LogP contribution in [0.15, 0.2) is 60.8 Å². The van der Waals surface area contributed by atoms with Crippen molar-refractivity contribution in [2.45, 2.75) is 6.92 Å². The molecule has 126 valence electrons. The predicted octanol–water partition coefficient (Wildman–Crippen LogP) is 4.66. The molecule has 0 saturated heterocycles. The first-order chi connectivity index (χ1) is 12.0. The zero-order chi connectivity index (χ0) is 17.8. The Morgan fingerprint density at radius 3 is 2.48 bits per heavy atom. The number of halogens is 2. The molecule has 3 rings (SSSR count). The van der Waals surface area contributed by atoms with Crippen LogP contribution < -0.4 is 10.6 Å². The van der Waals surface area contributed by atoms with Gasteiger partial charge in [-0.3, -0.25) is 4.79 Å². The lowest BCUT2D eigenvalue weighted by Gasteiger charge is -2.09. The Balaban J connectivity index is 1.71. The molecule has 2 aromatic carbocycles. The van der Waals surface area contributed by atoms with Gasteiger partial charge in [0.25, 0.3) is 5.91 Å². The summed E-state index contributed by atoms with van der Waals surface area (Å²) in [4.78, 5) is 16.3. The number of carbonyl (C=O) groups is 1. The highest BCUT2D eigenvalue weighted by atomic mass is 19.1. The molecule has 0 radical (unpaired) electrons. The lowest BCUT2D eigenvalue weighted by molar-refractivity contribution is 0.102. The molecule has 0 fully saturated rings. The lowest BCUT2D eigenvalue weighted by atomic mass is 10.2. The number of anilines is 3. The first kappa shape index (κ1) is 16.6. The van der Waals surface area contributed by atoms with E-state index in [1.54, 1.807) is 12.1 Å². The molecule has 0 spiro atoms. The maximum absolute atomic E-state index is 13.6. The monoisotopic (exact) mass is 339 g/mol. The van der Waals surface area contributed by atoms with E-state index in [0.29, 0.717) is 11.4 Å². The highest BCUT2D eigenvalue weighted by Gasteiger charge is 2.10. The first-order valence-electron chi connectivity index (χ1n) is 7.58. The number of nitrogens with one attached hydrogen (secondary N) is 2. The van der Waals surface area contributed by atoms with E-state index < -0.39 is 11.6 Å². The maximum Gasteiger partial charge on any atom is 0.274 e. The third-order valence-electron chi connectivity index (χ3n) is 3.60. The third-order valence-corrected chi connectivity index (χ3v) is 3.60. The summed E-state index contributed by atoms with van der Waals surface area (Å²) < 4.78 is 26.5. The fraction of sp³-hybridized carbons (Fsp3) is 0.0526. The minimum Gasteiger partial charge on any atom is -0.352 e. The molecular formula is C19H15F2N3O. The second-order valence-corrected chi connectivity index (χ2v) is 5.45. The van der Waals surface area contributed by atoms with Crippen LogP contribution in [0.2, 0.25) is 0 Å². The summed E-state index contributed by atoms with van der Waals surface area (Å²) in [6.07, 6.45) is 1.41. The van der Waals surface area contributed by atoms with Gasteiger partial charge in [-0.15, -0.1) is 0 Å². The molecule has 0 saturated carbocycles. The fourth-order valence-electron chi connectivity index (χ4n) is 2.25. The number of amides is 1. The summed E-state index contributed by atoms with van der Waals surface area (Å²) >= 11 is 0. The van der Waals surface area contributed by atoms with E-state index in [2.05, 4.69) is 15.6 Å². The molecule has 0 aliphatic carbocycles. The van der Waals surface area contributed by atoms with E-state index in [-0.39, 0.29) is 17.3 Å². The van der Waals surface area contributed by atoms with Crippen molar-refractivity contribution in [2.24, 2.45) is 0 Å². The summed E-state index contributed by atoms with van der Waals surface area (Å²) in [7, 11) is 0. The fourth-order valence-corrected chi connectivity index (χ4v) is 2.25. The topological polar surface area (TPSA) is 54.0 Å². The van der Waals surface area contributed by atoms with Crippen LogP contribution in [0.5, 0.6) is 0 Å². The molecule has 0 atom stereocenters. The number of hydrogen-bond acceptors (Lipinski definition) is 3. The van der Waals surface area contributed by atoms with Crippen molar-refractivity contribution in [1.82, 2.24) is 4.98 Å². The van der Waals surface area contributed by atoms with Crippen LogP contribution in [0.1, 0.15) is 16.1 Å². The van der Waals surface area contributed by atoms with Gasteiger partial charge in [-0.05, 0) is 42.8 Å². The van der Waals surface area contributed by atoms with E-state index in [1.807, 2.05) is 25.1 Å². The number of aromatic nitrogens is 1. The van der Waals surface area contributed by atoms with Gasteiger partial charge in [-0.25, -0.2) is 13.8 Å². The summed E-state index contributed by atoms with van der Waals surface area (Å²) in [5.41, 5.74) is 2.50. The Morgan fingerprint density at radius 1 is 1.00 bits per heavy atom. The van der Waals surface area contributed by atoms with Crippen LogP contribution in [-0.2, 0) is 0 Å². The SMILES string of the molecule is Cc1ccccc1NC(=O)c1ccc(Nc2ccc(F)cc2F)cn1. The van der Waals surface area contributed by atoms with Gasteiger partial charge in [-0.2, -0.15) is 0 Å². The van der Waals surface area contributed by atoms with Crippen LogP contribution in [0.25, 0.3) is 0 Å². The number of nitrogens with zero attached hydrogens (tertiary/aromatic N) is 1. The second-order valence-electron chi connectivity index (χ2n) is 5.45. The molecule has 0 unspecified atom stereocenters. The minimum absolute atomic E-state index is 0.125. The summed E-state index contributed by atoms with van der Waals surface area (Å²) in [6.45, 7) is 1.90. The quantitative estimate of drug-likeness (QED) is 0.727. The molecule has 2 N–H and O–H groups in total. The van der Waals surface area contributed by atoms with Crippen molar-refractivity contribution >= 4 is 23.0 Å². The zero-order valence-corrected chi connectivity index (χ0v) is 13.4. The number of aryl methyl sites for hydroxylation is 1. The van der Waals surface area contributed by atoms with Crippen molar-refractivity contribution < 1.29 is 13.6 Å². The smallest absolute Gasteiger partial charge is 0.274 e. The van der Waals surface area contributed by atoms with E-state index >= 15 is 0 Å². The first-order valence-corrected chi connectivity index (χ1v) is 7.58. The van der Waals surface area contributed by atoms with E-state index in [4.69, 9.17) is 0 Å². The van der Waals surface area contributed by atoms with Gasteiger partial charge >= 0.3 is 0 Å². The van der Waals surface area contributed by atoms with Gasteiger partial charge in [-0.1, -0.05) is 18.2 Å². The second kappa shape index (κ2) is 7.09. The van der Waals surface area contributed by atoms with E-state index in [9.17, 15) is 13.6 Å². The summed E-state index contributed by atoms with van der Waals surface area (Å²) in [5.74, 6) is -1.69. The van der Waals surface area contributed by atoms with Gasteiger partial charge in [0, 0.05) is 11.8 Å². The van der Waals surface area contributed by atoms with Crippen molar-refractivity contribution in [3.63, 3.8) is 0 Å². The highest BCUT2D eigenvalue weighted by molar-refractivity contribution is 6.03. The average Bonchev–Trinajstić information content (AvgIpc) is 2.60. The molecule has 1 heterocycles. The summed E-state index contributed by atoms with van der Waals surface area (Å²) in [6, 6.07) is 13.8. The van der Waals surface area contributed by atoms with Gasteiger partial charge < -0.3 is 10.6 Å². The number of para-hydroxylation sites is 1. The zero-order valence-electron chi connectivity index (χ0n) is 13.4. The Labute approximate surface area is 143 Å². The van der Waals surface area contributed by atoms with Gasteiger partial charge in [0.1, 0.15) is 17.3 Å². The number of hydrogen-bond donors (Lipinski definition) is 2.